The van der Waals surface area contributed by atoms with Gasteiger partial charge in [-0.05, 0) is 11.4 Å². The summed E-state index contributed by atoms with van der Waals surface area (Å²) in [6.45, 7) is 2.07. The molecule has 1 atom stereocenters. The molecule has 0 spiro atoms. The van der Waals surface area contributed by atoms with Crippen molar-refractivity contribution in [2.24, 2.45) is 5.92 Å². The number of nitrogens with zero attached hydrogens (tertiary/aromatic N) is 1. The fourth-order valence-corrected chi connectivity index (χ4v) is 2.41. The molecule has 0 saturated heterocycles. The summed E-state index contributed by atoms with van der Waals surface area (Å²) in [6.07, 6.45) is 0.297. The Labute approximate surface area is 116 Å². The van der Waals surface area contributed by atoms with Crippen LogP contribution in [-0.2, 0) is 20.7 Å². The van der Waals surface area contributed by atoms with Crippen molar-refractivity contribution < 1.29 is 19.4 Å². The zero-order valence-electron chi connectivity index (χ0n) is 11.2. The Hall–Kier alpha value is -1.40. The first-order valence-corrected chi connectivity index (χ1v) is 6.95. The smallest absolute Gasteiger partial charge is 0.310 e. The quantitative estimate of drug-likeness (QED) is 0.757. The molecule has 19 heavy (non-hydrogen) atoms. The standard InChI is InChI=1S/C13H19NO4S/c1-10(13(17)18-2)9-14(5-6-15)12(16)8-11-4-3-7-19-11/h3-4,7,10,15H,5-6,8-9H2,1-2H3. The van der Waals surface area contributed by atoms with Gasteiger partial charge in [0.25, 0.3) is 0 Å². The Morgan fingerprint density at radius 3 is 2.79 bits per heavy atom. The van der Waals surface area contributed by atoms with Gasteiger partial charge in [-0.2, -0.15) is 0 Å². The maximum Gasteiger partial charge on any atom is 0.310 e. The van der Waals surface area contributed by atoms with E-state index in [-0.39, 0.29) is 31.6 Å². The minimum absolute atomic E-state index is 0.0905. The molecule has 0 bridgehead atoms. The summed E-state index contributed by atoms with van der Waals surface area (Å²) in [5, 5.41) is 10.9. The maximum atomic E-state index is 12.1. The van der Waals surface area contributed by atoms with Crippen LogP contribution in [-0.4, -0.2) is 48.7 Å². The van der Waals surface area contributed by atoms with Crippen LogP contribution in [0.3, 0.4) is 0 Å². The number of hydrogen-bond donors (Lipinski definition) is 1. The first-order valence-electron chi connectivity index (χ1n) is 6.07. The molecule has 0 aliphatic heterocycles. The molecule has 6 heteroatoms. The van der Waals surface area contributed by atoms with Crippen molar-refractivity contribution >= 4 is 23.2 Å². The number of aliphatic hydroxyl groups is 1. The van der Waals surface area contributed by atoms with Crippen molar-refractivity contribution in [3.8, 4) is 0 Å². The lowest BCUT2D eigenvalue weighted by Crippen LogP contribution is -2.39. The minimum atomic E-state index is -0.399. The van der Waals surface area contributed by atoms with Crippen molar-refractivity contribution in [2.75, 3.05) is 26.8 Å². The number of carbonyl (C=O) groups is 2. The lowest BCUT2D eigenvalue weighted by molar-refractivity contribution is -0.146. The number of rotatable bonds is 7. The predicted molar refractivity (Wildman–Crippen MR) is 72.9 cm³/mol. The van der Waals surface area contributed by atoms with Crippen molar-refractivity contribution in [3.63, 3.8) is 0 Å². The normalized spacial score (nSPS) is 11.9. The van der Waals surface area contributed by atoms with Gasteiger partial charge < -0.3 is 14.7 Å². The van der Waals surface area contributed by atoms with Crippen molar-refractivity contribution in [1.29, 1.82) is 0 Å². The number of carbonyl (C=O) groups excluding carboxylic acids is 2. The summed E-state index contributed by atoms with van der Waals surface area (Å²) in [6, 6.07) is 3.78. The van der Waals surface area contributed by atoms with Gasteiger partial charge in [0.05, 0.1) is 26.1 Å². The molecule has 1 aromatic rings. The van der Waals surface area contributed by atoms with Crippen LogP contribution in [0.1, 0.15) is 11.8 Å². The van der Waals surface area contributed by atoms with Gasteiger partial charge in [-0.25, -0.2) is 0 Å². The fourth-order valence-electron chi connectivity index (χ4n) is 1.72. The van der Waals surface area contributed by atoms with E-state index in [2.05, 4.69) is 4.74 Å². The van der Waals surface area contributed by atoms with Gasteiger partial charge in [-0.3, -0.25) is 9.59 Å². The molecular formula is C13H19NO4S. The van der Waals surface area contributed by atoms with Gasteiger partial charge >= 0.3 is 5.97 Å². The molecule has 0 aliphatic rings. The molecule has 1 N–H and O–H groups in total. The zero-order chi connectivity index (χ0) is 14.3. The van der Waals surface area contributed by atoms with E-state index in [4.69, 9.17) is 5.11 Å². The zero-order valence-corrected chi connectivity index (χ0v) is 12.0. The van der Waals surface area contributed by atoms with Crippen LogP contribution >= 0.6 is 11.3 Å². The van der Waals surface area contributed by atoms with Crippen molar-refractivity contribution in [1.82, 2.24) is 4.90 Å². The topological polar surface area (TPSA) is 66.8 Å². The van der Waals surface area contributed by atoms with Gasteiger partial charge in [-0.1, -0.05) is 13.0 Å². The second kappa shape index (κ2) is 7.91. The van der Waals surface area contributed by atoms with E-state index in [0.29, 0.717) is 6.42 Å². The minimum Gasteiger partial charge on any atom is -0.469 e. The summed E-state index contributed by atoms with van der Waals surface area (Å²) in [5.41, 5.74) is 0. The molecule has 5 nitrogen and oxygen atoms in total. The lowest BCUT2D eigenvalue weighted by atomic mass is 10.1. The maximum absolute atomic E-state index is 12.1. The molecule has 1 aromatic heterocycles. The van der Waals surface area contributed by atoms with Crippen LogP contribution < -0.4 is 0 Å². The predicted octanol–water partition coefficient (Wildman–Crippen LogP) is 0.921. The molecule has 1 heterocycles. The molecule has 106 valence electrons. The summed E-state index contributed by atoms with van der Waals surface area (Å²) < 4.78 is 4.64. The molecule has 0 radical (unpaired) electrons. The second-order valence-corrected chi connectivity index (χ2v) is 5.28. The van der Waals surface area contributed by atoms with Gasteiger partial charge in [0, 0.05) is 18.0 Å². The third-order valence-electron chi connectivity index (χ3n) is 2.73. The van der Waals surface area contributed by atoms with Crippen LogP contribution in [0.4, 0.5) is 0 Å². The third kappa shape index (κ3) is 5.00. The van der Waals surface area contributed by atoms with Crippen LogP contribution in [0.25, 0.3) is 0 Å². The van der Waals surface area contributed by atoms with E-state index in [0.717, 1.165) is 4.88 Å². The average molecular weight is 285 g/mol. The van der Waals surface area contributed by atoms with E-state index in [1.807, 2.05) is 17.5 Å². The Morgan fingerprint density at radius 2 is 2.26 bits per heavy atom. The van der Waals surface area contributed by atoms with Crippen molar-refractivity contribution in [2.45, 2.75) is 13.3 Å². The number of amides is 1. The Bertz CT molecular complexity index is 405. The highest BCUT2D eigenvalue weighted by Gasteiger charge is 2.21. The lowest BCUT2D eigenvalue weighted by Gasteiger charge is -2.24. The molecule has 0 aromatic carbocycles. The van der Waals surface area contributed by atoms with Crippen molar-refractivity contribution in [3.05, 3.63) is 22.4 Å². The largest absolute Gasteiger partial charge is 0.469 e. The Balaban J connectivity index is 2.60. The van der Waals surface area contributed by atoms with E-state index >= 15 is 0 Å². The second-order valence-electron chi connectivity index (χ2n) is 4.24. The van der Waals surface area contributed by atoms with Crippen LogP contribution in [0.5, 0.6) is 0 Å². The number of methoxy groups -OCH3 is 1. The van der Waals surface area contributed by atoms with Gasteiger partial charge in [0.1, 0.15) is 0 Å². The van der Waals surface area contributed by atoms with Crippen LogP contribution in [0.15, 0.2) is 17.5 Å². The molecule has 0 saturated carbocycles. The molecule has 1 rings (SSSR count). The first kappa shape index (κ1) is 15.7. The number of aliphatic hydroxyl groups excluding tert-OH is 1. The van der Waals surface area contributed by atoms with Gasteiger partial charge in [-0.15, -0.1) is 11.3 Å². The van der Waals surface area contributed by atoms with Crippen LogP contribution in [0, 0.1) is 5.92 Å². The average Bonchev–Trinajstić information content (AvgIpc) is 2.89. The highest BCUT2D eigenvalue weighted by molar-refractivity contribution is 7.10. The summed E-state index contributed by atoms with van der Waals surface area (Å²) in [7, 11) is 1.32. The van der Waals surface area contributed by atoms with E-state index < -0.39 is 5.92 Å². The van der Waals surface area contributed by atoms with Gasteiger partial charge in [0.15, 0.2) is 0 Å². The van der Waals surface area contributed by atoms with E-state index in [1.54, 1.807) is 6.92 Å². The molecule has 1 unspecified atom stereocenters. The Kier molecular flexibility index (Phi) is 6.52. The van der Waals surface area contributed by atoms with E-state index in [9.17, 15) is 9.59 Å². The summed E-state index contributed by atoms with van der Waals surface area (Å²) in [4.78, 5) is 26.0. The summed E-state index contributed by atoms with van der Waals surface area (Å²) in [5.74, 6) is -0.844. The van der Waals surface area contributed by atoms with E-state index in [1.165, 1.54) is 23.3 Å². The number of esters is 1. The first-order chi connectivity index (χ1) is 9.08. The van der Waals surface area contributed by atoms with Gasteiger partial charge in [0.2, 0.25) is 5.91 Å². The number of ether oxygens (including phenoxy) is 1. The highest BCUT2D eigenvalue weighted by atomic mass is 32.1. The molecular weight excluding hydrogens is 266 g/mol. The Morgan fingerprint density at radius 1 is 1.53 bits per heavy atom. The number of hydrogen-bond acceptors (Lipinski definition) is 5. The van der Waals surface area contributed by atoms with Crippen LogP contribution in [0.2, 0.25) is 0 Å². The third-order valence-corrected chi connectivity index (χ3v) is 3.60. The molecule has 1 amide bonds. The fraction of sp³-hybridized carbons (Fsp3) is 0.538. The SMILES string of the molecule is COC(=O)C(C)CN(CCO)C(=O)Cc1cccs1. The number of thiophene rings is 1. The monoisotopic (exact) mass is 285 g/mol. The molecule has 0 fully saturated rings. The highest BCUT2D eigenvalue weighted by Crippen LogP contribution is 2.12. The molecule has 0 aliphatic carbocycles. The summed E-state index contributed by atoms with van der Waals surface area (Å²) >= 11 is 1.51.